The van der Waals surface area contributed by atoms with E-state index in [9.17, 15) is 9.59 Å². The molecule has 6 heteroatoms. The molecule has 4 nitrogen and oxygen atoms in total. The van der Waals surface area contributed by atoms with Gasteiger partial charge >= 0.3 is 0 Å². The van der Waals surface area contributed by atoms with E-state index in [0.717, 1.165) is 0 Å². The number of nitrogens with one attached hydrogen (secondary N) is 1. The number of hydrogen-bond donors (Lipinski definition) is 1. The van der Waals surface area contributed by atoms with Crippen LogP contribution in [0.1, 0.15) is 27.6 Å². The molecule has 0 unspecified atom stereocenters. The topological polar surface area (TPSA) is 59.1 Å². The zero-order valence-corrected chi connectivity index (χ0v) is 17.5. The summed E-state index contributed by atoms with van der Waals surface area (Å²) < 4.78 is 0. The summed E-state index contributed by atoms with van der Waals surface area (Å²) in [5.41, 5.74) is 3.44. The number of ketones is 1. The summed E-state index contributed by atoms with van der Waals surface area (Å²) in [6.45, 7) is 1.49. The summed E-state index contributed by atoms with van der Waals surface area (Å²) in [7, 11) is 0. The highest BCUT2D eigenvalue weighted by Crippen LogP contribution is 2.32. The van der Waals surface area contributed by atoms with Gasteiger partial charge in [-0.05, 0) is 49.4 Å². The molecule has 4 aromatic rings. The van der Waals surface area contributed by atoms with E-state index < -0.39 is 0 Å². The van der Waals surface area contributed by atoms with Crippen LogP contribution in [0.2, 0.25) is 10.0 Å². The van der Waals surface area contributed by atoms with Crippen molar-refractivity contribution >= 4 is 51.5 Å². The highest BCUT2D eigenvalue weighted by Gasteiger charge is 2.16. The Morgan fingerprint density at radius 2 is 1.70 bits per heavy atom. The molecule has 0 bridgehead atoms. The lowest BCUT2D eigenvalue weighted by Gasteiger charge is -2.12. The Bertz CT molecular complexity index is 1300. The lowest BCUT2D eigenvalue weighted by atomic mass is 10.0. The molecule has 0 aliphatic carbocycles. The molecule has 0 aliphatic rings. The quantitative estimate of drug-likeness (QED) is 0.365. The van der Waals surface area contributed by atoms with Crippen LogP contribution < -0.4 is 5.32 Å². The monoisotopic (exact) mass is 434 g/mol. The van der Waals surface area contributed by atoms with E-state index in [1.54, 1.807) is 48.5 Å². The van der Waals surface area contributed by atoms with Crippen LogP contribution in [0, 0.1) is 0 Å². The van der Waals surface area contributed by atoms with Crippen LogP contribution in [0.3, 0.4) is 0 Å². The predicted octanol–water partition coefficient (Wildman–Crippen LogP) is 6.66. The van der Waals surface area contributed by atoms with Crippen LogP contribution in [0.5, 0.6) is 0 Å². The molecule has 0 atom stereocenters. The first-order chi connectivity index (χ1) is 14.4. The molecular weight excluding hydrogens is 419 g/mol. The van der Waals surface area contributed by atoms with Gasteiger partial charge in [0, 0.05) is 27.2 Å². The Morgan fingerprint density at radius 3 is 2.47 bits per heavy atom. The SMILES string of the molecule is CC(=O)c1cccc(NC(=O)c2cc(-c3ccc(Cl)cc3Cl)nc3ccccc23)c1. The fourth-order valence-corrected chi connectivity index (χ4v) is 3.72. The van der Waals surface area contributed by atoms with Crippen LogP contribution >= 0.6 is 23.2 Å². The molecule has 1 amide bonds. The van der Waals surface area contributed by atoms with Crippen molar-refractivity contribution in [1.29, 1.82) is 0 Å². The van der Waals surface area contributed by atoms with Crippen LogP contribution in [-0.2, 0) is 0 Å². The molecule has 1 aromatic heterocycles. The first kappa shape index (κ1) is 20.1. The van der Waals surface area contributed by atoms with Crippen molar-refractivity contribution in [2.75, 3.05) is 5.32 Å². The number of pyridine rings is 1. The van der Waals surface area contributed by atoms with Crippen LogP contribution in [-0.4, -0.2) is 16.7 Å². The lowest BCUT2D eigenvalue weighted by Crippen LogP contribution is -2.13. The van der Waals surface area contributed by atoms with Crippen LogP contribution in [0.25, 0.3) is 22.2 Å². The average molecular weight is 435 g/mol. The van der Waals surface area contributed by atoms with Gasteiger partial charge in [-0.3, -0.25) is 9.59 Å². The van der Waals surface area contributed by atoms with Gasteiger partial charge in [-0.2, -0.15) is 0 Å². The average Bonchev–Trinajstić information content (AvgIpc) is 2.73. The molecule has 3 aromatic carbocycles. The number of fused-ring (bicyclic) bond motifs is 1. The van der Waals surface area contributed by atoms with Gasteiger partial charge in [0.15, 0.2) is 5.78 Å². The van der Waals surface area contributed by atoms with Gasteiger partial charge in [-0.1, -0.05) is 53.5 Å². The van der Waals surface area contributed by atoms with Gasteiger partial charge in [-0.25, -0.2) is 4.98 Å². The Hall–Kier alpha value is -3.21. The Morgan fingerprint density at radius 1 is 0.900 bits per heavy atom. The number of anilines is 1. The van der Waals surface area contributed by atoms with Crippen molar-refractivity contribution in [2.24, 2.45) is 0 Å². The van der Waals surface area contributed by atoms with Crippen molar-refractivity contribution in [3.8, 4) is 11.3 Å². The van der Waals surface area contributed by atoms with Gasteiger partial charge in [0.25, 0.3) is 5.91 Å². The summed E-state index contributed by atoms with van der Waals surface area (Å²) >= 11 is 12.4. The zero-order chi connectivity index (χ0) is 21.3. The third kappa shape index (κ3) is 4.06. The normalized spacial score (nSPS) is 10.8. The van der Waals surface area contributed by atoms with Gasteiger partial charge in [0.05, 0.1) is 21.8 Å². The maximum atomic E-state index is 13.2. The van der Waals surface area contributed by atoms with Gasteiger partial charge in [-0.15, -0.1) is 0 Å². The van der Waals surface area contributed by atoms with Crippen molar-refractivity contribution < 1.29 is 9.59 Å². The number of nitrogens with zero attached hydrogens (tertiary/aromatic N) is 1. The minimum atomic E-state index is -0.305. The summed E-state index contributed by atoms with van der Waals surface area (Å²) in [5, 5.41) is 4.56. The molecule has 0 spiro atoms. The highest BCUT2D eigenvalue weighted by molar-refractivity contribution is 6.36. The van der Waals surface area contributed by atoms with E-state index in [1.807, 2.05) is 24.3 Å². The van der Waals surface area contributed by atoms with Crippen molar-refractivity contribution in [1.82, 2.24) is 4.98 Å². The van der Waals surface area contributed by atoms with E-state index in [1.165, 1.54) is 6.92 Å². The Kier molecular flexibility index (Phi) is 5.53. The molecular formula is C24H16Cl2N2O2. The molecule has 148 valence electrons. The molecule has 1 N–H and O–H groups in total. The van der Waals surface area contributed by atoms with Gasteiger partial charge in [0.2, 0.25) is 0 Å². The second-order valence-corrected chi connectivity index (χ2v) is 7.63. The maximum absolute atomic E-state index is 13.2. The van der Waals surface area contributed by atoms with Gasteiger partial charge in [0.1, 0.15) is 0 Å². The number of carbonyl (C=O) groups excluding carboxylic acids is 2. The largest absolute Gasteiger partial charge is 0.322 e. The Labute approximate surface area is 183 Å². The smallest absolute Gasteiger partial charge is 0.256 e. The molecule has 0 saturated carbocycles. The molecule has 30 heavy (non-hydrogen) atoms. The standard InChI is InChI=1S/C24H16Cl2N2O2/c1-14(29)15-5-4-6-17(11-15)27-24(30)20-13-23(19-10-9-16(25)12-21(19)26)28-22-8-3-2-7-18(20)22/h2-13H,1H3,(H,27,30). The Balaban J connectivity index is 1.80. The second kappa shape index (κ2) is 8.27. The van der Waals surface area contributed by atoms with E-state index in [0.29, 0.717) is 49.0 Å². The highest BCUT2D eigenvalue weighted by atomic mass is 35.5. The number of rotatable bonds is 4. The first-order valence-electron chi connectivity index (χ1n) is 9.20. The van der Waals surface area contributed by atoms with Crippen LogP contribution in [0.4, 0.5) is 5.69 Å². The number of amides is 1. The van der Waals surface area contributed by atoms with E-state index in [-0.39, 0.29) is 11.7 Å². The number of carbonyl (C=O) groups is 2. The molecule has 4 rings (SSSR count). The number of hydrogen-bond acceptors (Lipinski definition) is 3. The summed E-state index contributed by atoms with van der Waals surface area (Å²) in [5.74, 6) is -0.374. The fraction of sp³-hybridized carbons (Fsp3) is 0.0417. The number of halogens is 2. The summed E-state index contributed by atoms with van der Waals surface area (Å²) in [6.07, 6.45) is 0. The maximum Gasteiger partial charge on any atom is 0.256 e. The zero-order valence-electron chi connectivity index (χ0n) is 15.9. The second-order valence-electron chi connectivity index (χ2n) is 6.79. The summed E-state index contributed by atoms with van der Waals surface area (Å²) in [6, 6.07) is 21.1. The number of Topliss-reactive ketones (excluding diaryl/α,β-unsaturated/α-hetero) is 1. The predicted molar refractivity (Wildman–Crippen MR) is 122 cm³/mol. The summed E-state index contributed by atoms with van der Waals surface area (Å²) in [4.78, 5) is 29.5. The van der Waals surface area contributed by atoms with E-state index in [2.05, 4.69) is 10.3 Å². The fourth-order valence-electron chi connectivity index (χ4n) is 3.21. The van der Waals surface area contributed by atoms with Crippen molar-refractivity contribution in [3.05, 3.63) is 94.0 Å². The third-order valence-electron chi connectivity index (χ3n) is 4.69. The number of aromatic nitrogens is 1. The molecule has 0 radical (unpaired) electrons. The molecule has 0 saturated heterocycles. The van der Waals surface area contributed by atoms with Gasteiger partial charge < -0.3 is 5.32 Å². The van der Waals surface area contributed by atoms with Crippen molar-refractivity contribution in [3.63, 3.8) is 0 Å². The number of benzene rings is 3. The molecule has 0 aliphatic heterocycles. The first-order valence-corrected chi connectivity index (χ1v) is 9.95. The molecule has 1 heterocycles. The number of para-hydroxylation sites is 1. The van der Waals surface area contributed by atoms with Crippen LogP contribution in [0.15, 0.2) is 72.8 Å². The minimum Gasteiger partial charge on any atom is -0.322 e. The van der Waals surface area contributed by atoms with Crippen molar-refractivity contribution in [2.45, 2.75) is 6.92 Å². The molecule has 0 fully saturated rings. The van der Waals surface area contributed by atoms with E-state index in [4.69, 9.17) is 23.2 Å². The minimum absolute atomic E-state index is 0.0693. The lowest BCUT2D eigenvalue weighted by molar-refractivity contribution is 0.101. The third-order valence-corrected chi connectivity index (χ3v) is 5.24. The van der Waals surface area contributed by atoms with E-state index >= 15 is 0 Å².